The van der Waals surface area contributed by atoms with Gasteiger partial charge in [0.15, 0.2) is 5.82 Å². The lowest BCUT2D eigenvalue weighted by atomic mass is 10.4. The minimum absolute atomic E-state index is 0.404. The molecule has 0 spiro atoms. The molecular formula is C14H26N4O3. The molecule has 0 radical (unpaired) electrons. The van der Waals surface area contributed by atoms with Gasteiger partial charge in [0.25, 0.3) is 0 Å². The molecule has 7 heteroatoms. The fraction of sp³-hybridized carbons (Fsp3) is 0.714. The van der Waals surface area contributed by atoms with E-state index < -0.39 is 0 Å². The van der Waals surface area contributed by atoms with Crippen molar-refractivity contribution in [1.82, 2.24) is 9.97 Å². The SMILES string of the molecule is CCOCc1nc(NC)cc(N(CCOC)CCOC)n1. The van der Waals surface area contributed by atoms with Crippen LogP contribution in [-0.2, 0) is 20.8 Å². The first-order valence-electron chi connectivity index (χ1n) is 7.11. The number of ether oxygens (including phenoxy) is 3. The van der Waals surface area contributed by atoms with Gasteiger partial charge in [-0.25, -0.2) is 9.97 Å². The van der Waals surface area contributed by atoms with Gasteiger partial charge in [0.05, 0.1) is 13.2 Å². The molecule has 0 saturated heterocycles. The van der Waals surface area contributed by atoms with Crippen LogP contribution in [0.3, 0.4) is 0 Å². The normalized spacial score (nSPS) is 10.7. The van der Waals surface area contributed by atoms with Crippen LogP contribution in [0, 0.1) is 0 Å². The van der Waals surface area contributed by atoms with E-state index in [1.807, 2.05) is 20.0 Å². The fourth-order valence-corrected chi connectivity index (χ4v) is 1.77. The van der Waals surface area contributed by atoms with Gasteiger partial charge >= 0.3 is 0 Å². The number of nitrogens with zero attached hydrogens (tertiary/aromatic N) is 3. The summed E-state index contributed by atoms with van der Waals surface area (Å²) in [6.07, 6.45) is 0. The van der Waals surface area contributed by atoms with Crippen molar-refractivity contribution in [1.29, 1.82) is 0 Å². The van der Waals surface area contributed by atoms with Crippen molar-refractivity contribution >= 4 is 11.6 Å². The lowest BCUT2D eigenvalue weighted by Gasteiger charge is -2.24. The Kier molecular flexibility index (Phi) is 8.65. The molecule has 0 amide bonds. The Bertz CT molecular complexity index is 396. The topological polar surface area (TPSA) is 68.7 Å². The lowest BCUT2D eigenvalue weighted by Crippen LogP contribution is -2.31. The summed E-state index contributed by atoms with van der Waals surface area (Å²) in [6.45, 7) is 5.74. The highest BCUT2D eigenvalue weighted by atomic mass is 16.5. The molecule has 0 saturated carbocycles. The van der Waals surface area contributed by atoms with Crippen molar-refractivity contribution in [3.05, 3.63) is 11.9 Å². The Morgan fingerprint density at radius 2 is 1.81 bits per heavy atom. The molecule has 1 aromatic rings. The molecule has 0 bridgehead atoms. The Labute approximate surface area is 126 Å². The summed E-state index contributed by atoms with van der Waals surface area (Å²) in [5.41, 5.74) is 0. The van der Waals surface area contributed by atoms with Crippen molar-refractivity contribution in [2.24, 2.45) is 0 Å². The fourth-order valence-electron chi connectivity index (χ4n) is 1.77. The van der Waals surface area contributed by atoms with Gasteiger partial charge in [0.1, 0.15) is 18.2 Å². The number of hydrogen-bond donors (Lipinski definition) is 1. The summed E-state index contributed by atoms with van der Waals surface area (Å²) in [5, 5.41) is 3.06. The summed E-state index contributed by atoms with van der Waals surface area (Å²) in [7, 11) is 5.22. The summed E-state index contributed by atoms with van der Waals surface area (Å²) >= 11 is 0. The van der Waals surface area contributed by atoms with E-state index in [9.17, 15) is 0 Å². The quantitative estimate of drug-likeness (QED) is 0.657. The van der Waals surface area contributed by atoms with Crippen molar-refractivity contribution in [3.8, 4) is 0 Å². The lowest BCUT2D eigenvalue weighted by molar-refractivity contribution is 0.128. The maximum atomic E-state index is 5.40. The van der Waals surface area contributed by atoms with Crippen LogP contribution in [0.25, 0.3) is 0 Å². The zero-order valence-corrected chi connectivity index (χ0v) is 13.4. The Balaban J connectivity index is 2.91. The highest BCUT2D eigenvalue weighted by Gasteiger charge is 2.11. The zero-order valence-electron chi connectivity index (χ0n) is 13.4. The van der Waals surface area contributed by atoms with Crippen molar-refractivity contribution in [2.45, 2.75) is 13.5 Å². The number of nitrogens with one attached hydrogen (secondary N) is 1. The van der Waals surface area contributed by atoms with E-state index in [0.717, 1.165) is 24.7 Å². The molecule has 120 valence electrons. The van der Waals surface area contributed by atoms with Gasteiger partial charge in [0.2, 0.25) is 0 Å². The largest absolute Gasteiger partial charge is 0.383 e. The molecule has 0 unspecified atom stereocenters. The van der Waals surface area contributed by atoms with Crippen molar-refractivity contribution < 1.29 is 14.2 Å². The monoisotopic (exact) mass is 298 g/mol. The predicted molar refractivity (Wildman–Crippen MR) is 82.9 cm³/mol. The number of hydrogen-bond acceptors (Lipinski definition) is 7. The molecule has 0 atom stereocenters. The van der Waals surface area contributed by atoms with Crippen molar-refractivity contribution in [3.63, 3.8) is 0 Å². The third-order valence-electron chi connectivity index (χ3n) is 2.91. The van der Waals surface area contributed by atoms with E-state index in [0.29, 0.717) is 32.3 Å². The van der Waals surface area contributed by atoms with Crippen LogP contribution < -0.4 is 10.2 Å². The molecule has 0 aromatic carbocycles. The molecule has 1 N–H and O–H groups in total. The van der Waals surface area contributed by atoms with Gasteiger partial charge in [0, 0.05) is 47.0 Å². The maximum absolute atomic E-state index is 5.40. The minimum atomic E-state index is 0.404. The number of aromatic nitrogens is 2. The third-order valence-corrected chi connectivity index (χ3v) is 2.91. The van der Waals surface area contributed by atoms with E-state index in [1.54, 1.807) is 14.2 Å². The first-order valence-corrected chi connectivity index (χ1v) is 7.11. The highest BCUT2D eigenvalue weighted by Crippen LogP contribution is 2.16. The molecule has 0 aliphatic carbocycles. The number of anilines is 2. The minimum Gasteiger partial charge on any atom is -0.383 e. The van der Waals surface area contributed by atoms with E-state index >= 15 is 0 Å². The van der Waals surface area contributed by atoms with E-state index in [1.165, 1.54) is 0 Å². The molecule has 0 fully saturated rings. The molecule has 1 aromatic heterocycles. The standard InChI is InChI=1S/C14H26N4O3/c1-5-21-11-13-16-12(15-2)10-14(17-13)18(6-8-19-3)7-9-20-4/h10H,5-9,11H2,1-4H3,(H,15,16,17). The predicted octanol–water partition coefficient (Wildman–Crippen LogP) is 1.15. The second-order valence-corrected chi connectivity index (χ2v) is 4.39. The second-order valence-electron chi connectivity index (χ2n) is 4.39. The first-order chi connectivity index (χ1) is 10.2. The molecule has 0 aliphatic rings. The van der Waals surface area contributed by atoms with Gasteiger partial charge in [-0.3, -0.25) is 0 Å². The third kappa shape index (κ3) is 6.24. The molecule has 1 rings (SSSR count). The molecule has 1 heterocycles. The summed E-state index contributed by atoms with van der Waals surface area (Å²) in [5.74, 6) is 2.28. The first kappa shape index (κ1) is 17.6. The van der Waals surface area contributed by atoms with Gasteiger partial charge in [-0.1, -0.05) is 0 Å². The molecule has 21 heavy (non-hydrogen) atoms. The van der Waals surface area contributed by atoms with Crippen LogP contribution in [0.1, 0.15) is 12.7 Å². The number of rotatable bonds is 11. The van der Waals surface area contributed by atoms with Crippen LogP contribution in [-0.4, -0.2) is 64.1 Å². The van der Waals surface area contributed by atoms with Gasteiger partial charge in [-0.05, 0) is 6.92 Å². The number of methoxy groups -OCH3 is 2. The smallest absolute Gasteiger partial charge is 0.158 e. The van der Waals surface area contributed by atoms with Crippen LogP contribution in [0.15, 0.2) is 6.07 Å². The Morgan fingerprint density at radius 3 is 2.33 bits per heavy atom. The van der Waals surface area contributed by atoms with Gasteiger partial charge < -0.3 is 24.4 Å². The van der Waals surface area contributed by atoms with Crippen LogP contribution in [0.2, 0.25) is 0 Å². The molecule has 7 nitrogen and oxygen atoms in total. The van der Waals surface area contributed by atoms with E-state index in [-0.39, 0.29) is 0 Å². The maximum Gasteiger partial charge on any atom is 0.158 e. The van der Waals surface area contributed by atoms with Crippen molar-refractivity contribution in [2.75, 3.05) is 64.4 Å². The summed E-state index contributed by atoms with van der Waals surface area (Å²) < 4.78 is 15.7. The van der Waals surface area contributed by atoms with Crippen LogP contribution in [0.5, 0.6) is 0 Å². The van der Waals surface area contributed by atoms with E-state index in [4.69, 9.17) is 14.2 Å². The average molecular weight is 298 g/mol. The summed E-state index contributed by atoms with van der Waals surface area (Å²) in [6, 6.07) is 1.92. The Morgan fingerprint density at radius 1 is 1.14 bits per heavy atom. The Hall–Kier alpha value is -1.44. The van der Waals surface area contributed by atoms with Gasteiger partial charge in [-0.2, -0.15) is 0 Å². The highest BCUT2D eigenvalue weighted by molar-refractivity contribution is 5.49. The van der Waals surface area contributed by atoms with E-state index in [2.05, 4.69) is 20.2 Å². The second kappa shape index (κ2) is 10.3. The molecular weight excluding hydrogens is 272 g/mol. The average Bonchev–Trinajstić information content (AvgIpc) is 2.52. The molecule has 0 aliphatic heterocycles. The summed E-state index contributed by atoms with van der Waals surface area (Å²) in [4.78, 5) is 11.1. The van der Waals surface area contributed by atoms with Crippen LogP contribution >= 0.6 is 0 Å². The van der Waals surface area contributed by atoms with Gasteiger partial charge in [-0.15, -0.1) is 0 Å². The van der Waals surface area contributed by atoms with Crippen LogP contribution in [0.4, 0.5) is 11.6 Å². The zero-order chi connectivity index (χ0) is 15.5.